The van der Waals surface area contributed by atoms with E-state index >= 15 is 0 Å². The van der Waals surface area contributed by atoms with Crippen LogP contribution in [0.15, 0.2) is 18.3 Å². The molecule has 1 saturated carbocycles. The average molecular weight is 248 g/mol. The van der Waals surface area contributed by atoms with E-state index in [-0.39, 0.29) is 5.78 Å². The molecular formula is C14H20N2O2. The van der Waals surface area contributed by atoms with Gasteiger partial charge >= 0.3 is 0 Å². The number of carbonyl (C=O) groups is 1. The predicted octanol–water partition coefficient (Wildman–Crippen LogP) is 2.18. The summed E-state index contributed by atoms with van der Waals surface area (Å²) in [5.74, 6) is 0.586. The second-order valence-electron chi connectivity index (χ2n) is 4.93. The van der Waals surface area contributed by atoms with Crippen molar-refractivity contribution in [2.75, 3.05) is 13.7 Å². The molecule has 0 aliphatic heterocycles. The van der Waals surface area contributed by atoms with Crippen LogP contribution in [0, 0.1) is 5.41 Å². The Morgan fingerprint density at radius 3 is 2.78 bits per heavy atom. The summed E-state index contributed by atoms with van der Waals surface area (Å²) in [6.45, 7) is 0.394. The molecule has 98 valence electrons. The fraction of sp³-hybridized carbons (Fsp3) is 0.571. The number of nitrogens with zero attached hydrogens (tertiary/aromatic N) is 1. The van der Waals surface area contributed by atoms with Crippen LogP contribution in [0.4, 0.5) is 0 Å². The van der Waals surface area contributed by atoms with Crippen molar-refractivity contribution in [2.45, 2.75) is 32.1 Å². The van der Waals surface area contributed by atoms with Gasteiger partial charge in [0.2, 0.25) is 0 Å². The van der Waals surface area contributed by atoms with Crippen LogP contribution < -0.4 is 10.5 Å². The number of hydrogen-bond donors (Lipinski definition) is 1. The monoisotopic (exact) mass is 248 g/mol. The van der Waals surface area contributed by atoms with E-state index in [2.05, 4.69) is 4.98 Å². The van der Waals surface area contributed by atoms with Gasteiger partial charge in [-0.05, 0) is 25.0 Å². The Bertz CT molecular complexity index is 426. The third-order valence-corrected chi connectivity index (χ3v) is 3.89. The van der Waals surface area contributed by atoms with Crippen LogP contribution >= 0.6 is 0 Å². The molecule has 4 nitrogen and oxygen atoms in total. The van der Waals surface area contributed by atoms with E-state index in [1.807, 2.05) is 0 Å². The van der Waals surface area contributed by atoms with Crippen molar-refractivity contribution in [1.29, 1.82) is 0 Å². The van der Waals surface area contributed by atoms with Crippen molar-refractivity contribution in [2.24, 2.45) is 11.1 Å². The lowest BCUT2D eigenvalue weighted by atomic mass is 9.70. The number of rotatable bonds is 4. The highest BCUT2D eigenvalue weighted by molar-refractivity contribution is 6.01. The summed E-state index contributed by atoms with van der Waals surface area (Å²) < 4.78 is 5.22. The Kier molecular flexibility index (Phi) is 3.97. The molecule has 0 unspecified atom stereocenters. The van der Waals surface area contributed by atoms with Gasteiger partial charge in [0.1, 0.15) is 11.4 Å². The molecule has 0 aromatic carbocycles. The fourth-order valence-corrected chi connectivity index (χ4v) is 2.73. The first-order valence-electron chi connectivity index (χ1n) is 6.47. The zero-order chi connectivity index (χ0) is 13.0. The molecule has 0 atom stereocenters. The van der Waals surface area contributed by atoms with Gasteiger partial charge < -0.3 is 10.5 Å². The van der Waals surface area contributed by atoms with Gasteiger partial charge in [-0.15, -0.1) is 0 Å². The van der Waals surface area contributed by atoms with Gasteiger partial charge in [0, 0.05) is 18.2 Å². The van der Waals surface area contributed by atoms with Gasteiger partial charge in [-0.2, -0.15) is 0 Å². The van der Waals surface area contributed by atoms with Gasteiger partial charge in [-0.25, -0.2) is 4.98 Å². The summed E-state index contributed by atoms with van der Waals surface area (Å²) >= 11 is 0. The van der Waals surface area contributed by atoms with Gasteiger partial charge in [-0.3, -0.25) is 4.79 Å². The van der Waals surface area contributed by atoms with Crippen LogP contribution in [0.25, 0.3) is 0 Å². The molecule has 1 aromatic heterocycles. The molecule has 1 heterocycles. The smallest absolute Gasteiger partial charge is 0.192 e. The standard InChI is InChI=1S/C14H20N2O2/c1-18-11-6-5-9-16-12(11)13(17)14(10-15)7-3-2-4-8-14/h5-6,9H,2-4,7-8,10,15H2,1H3. The van der Waals surface area contributed by atoms with Crippen molar-refractivity contribution < 1.29 is 9.53 Å². The van der Waals surface area contributed by atoms with Crippen LogP contribution in [-0.2, 0) is 0 Å². The van der Waals surface area contributed by atoms with Gasteiger partial charge in [0.15, 0.2) is 5.78 Å². The van der Waals surface area contributed by atoms with Gasteiger partial charge in [0.05, 0.1) is 7.11 Å². The highest BCUT2D eigenvalue weighted by atomic mass is 16.5. The maximum atomic E-state index is 12.7. The Balaban J connectivity index is 2.33. The highest BCUT2D eigenvalue weighted by Crippen LogP contribution is 2.39. The van der Waals surface area contributed by atoms with Crippen molar-refractivity contribution in [3.05, 3.63) is 24.0 Å². The molecule has 1 aliphatic rings. The third kappa shape index (κ3) is 2.25. The number of pyridine rings is 1. The van der Waals surface area contributed by atoms with Crippen LogP contribution in [0.3, 0.4) is 0 Å². The minimum absolute atomic E-state index is 0.0437. The summed E-state index contributed by atoms with van der Waals surface area (Å²) in [4.78, 5) is 16.9. The van der Waals surface area contributed by atoms with Crippen LogP contribution in [0.1, 0.15) is 42.6 Å². The van der Waals surface area contributed by atoms with E-state index in [1.54, 1.807) is 25.4 Å². The maximum Gasteiger partial charge on any atom is 0.192 e. The highest BCUT2D eigenvalue weighted by Gasteiger charge is 2.40. The second kappa shape index (κ2) is 5.48. The second-order valence-corrected chi connectivity index (χ2v) is 4.93. The van der Waals surface area contributed by atoms with E-state index < -0.39 is 5.41 Å². The van der Waals surface area contributed by atoms with Crippen LogP contribution in [-0.4, -0.2) is 24.4 Å². The first-order valence-corrected chi connectivity index (χ1v) is 6.47. The van der Waals surface area contributed by atoms with E-state index in [0.29, 0.717) is 18.0 Å². The molecule has 18 heavy (non-hydrogen) atoms. The van der Waals surface area contributed by atoms with Crippen molar-refractivity contribution in [3.63, 3.8) is 0 Å². The molecular weight excluding hydrogens is 228 g/mol. The molecule has 0 radical (unpaired) electrons. The van der Waals surface area contributed by atoms with Crippen LogP contribution in [0.2, 0.25) is 0 Å². The zero-order valence-electron chi connectivity index (χ0n) is 10.8. The molecule has 2 N–H and O–H groups in total. The summed E-state index contributed by atoms with van der Waals surface area (Å²) in [6, 6.07) is 3.54. The van der Waals surface area contributed by atoms with E-state index in [1.165, 1.54) is 6.42 Å². The molecule has 2 rings (SSSR count). The number of methoxy groups -OCH3 is 1. The van der Waals surface area contributed by atoms with E-state index in [0.717, 1.165) is 25.7 Å². The Morgan fingerprint density at radius 2 is 2.17 bits per heavy atom. The summed E-state index contributed by atoms with van der Waals surface area (Å²) in [6.07, 6.45) is 6.68. The lowest BCUT2D eigenvalue weighted by Gasteiger charge is -2.34. The number of carbonyl (C=O) groups excluding carboxylic acids is 1. The number of ketones is 1. The Hall–Kier alpha value is -1.42. The topological polar surface area (TPSA) is 65.2 Å². The summed E-state index contributed by atoms with van der Waals surface area (Å²) in [7, 11) is 1.56. The van der Waals surface area contributed by atoms with Gasteiger partial charge in [0.25, 0.3) is 0 Å². The van der Waals surface area contributed by atoms with Crippen LogP contribution in [0.5, 0.6) is 5.75 Å². The van der Waals surface area contributed by atoms with Gasteiger partial charge in [-0.1, -0.05) is 19.3 Å². The van der Waals surface area contributed by atoms with Crippen molar-refractivity contribution in [1.82, 2.24) is 4.98 Å². The molecule has 1 fully saturated rings. The normalized spacial score (nSPS) is 18.3. The fourth-order valence-electron chi connectivity index (χ4n) is 2.73. The Morgan fingerprint density at radius 1 is 1.44 bits per heavy atom. The molecule has 4 heteroatoms. The van der Waals surface area contributed by atoms with E-state index in [9.17, 15) is 4.79 Å². The molecule has 1 aliphatic carbocycles. The number of aromatic nitrogens is 1. The minimum atomic E-state index is -0.431. The zero-order valence-corrected chi connectivity index (χ0v) is 10.8. The largest absolute Gasteiger partial charge is 0.494 e. The number of nitrogens with two attached hydrogens (primary N) is 1. The molecule has 0 bridgehead atoms. The number of hydrogen-bond acceptors (Lipinski definition) is 4. The lowest BCUT2D eigenvalue weighted by Crippen LogP contribution is -2.41. The number of Topliss-reactive ketones (excluding diaryl/α,β-unsaturated/α-hetero) is 1. The molecule has 1 aromatic rings. The van der Waals surface area contributed by atoms with E-state index in [4.69, 9.17) is 10.5 Å². The molecule has 0 amide bonds. The molecule has 0 spiro atoms. The third-order valence-electron chi connectivity index (χ3n) is 3.89. The lowest BCUT2D eigenvalue weighted by molar-refractivity contribution is 0.0720. The first-order chi connectivity index (χ1) is 8.73. The minimum Gasteiger partial charge on any atom is -0.494 e. The van der Waals surface area contributed by atoms with Crippen molar-refractivity contribution in [3.8, 4) is 5.75 Å². The summed E-state index contributed by atoms with van der Waals surface area (Å²) in [5.41, 5.74) is 5.87. The average Bonchev–Trinajstić information content (AvgIpc) is 2.47. The molecule has 0 saturated heterocycles. The Labute approximate surface area is 108 Å². The maximum absolute atomic E-state index is 12.7. The summed E-state index contributed by atoms with van der Waals surface area (Å²) in [5, 5.41) is 0. The quantitative estimate of drug-likeness (QED) is 0.829. The van der Waals surface area contributed by atoms with Crippen molar-refractivity contribution >= 4 is 5.78 Å². The first kappa shape index (κ1) is 13.0. The number of ether oxygens (including phenoxy) is 1. The predicted molar refractivity (Wildman–Crippen MR) is 69.7 cm³/mol. The SMILES string of the molecule is COc1cccnc1C(=O)C1(CN)CCCCC1.